The second-order valence-electron chi connectivity index (χ2n) is 18.7. The molecule has 1 nitrogen and oxygen atoms in total. The molecule has 11 aromatic carbocycles. The van der Waals surface area contributed by atoms with E-state index in [0.717, 1.165) is 17.1 Å². The molecule has 0 amide bonds. The summed E-state index contributed by atoms with van der Waals surface area (Å²) in [5.74, 6) is 0. The standard InChI is InChI=1S/C68H45N/c1-3-18-46(19-4-1)48-34-40-51(41-35-48)69(52-42-36-49(37-43-52)47-20-5-2-6-21-47)53-44-38-50(39-45-53)54-25-17-26-58-57-24-9-12-29-61(57)68(66(54)58)64-32-15-13-30-62(64)67(63-31-14-16-33-65(63)68)59-27-10-7-22-55(59)56-23-8-11-28-60(56)67/h1-45H. The third kappa shape index (κ3) is 5.59. The molecule has 0 aromatic heterocycles. The maximum Gasteiger partial charge on any atom is 0.0726 e. The molecular formula is C68H45N. The van der Waals surface area contributed by atoms with Crippen LogP contribution in [0.2, 0.25) is 0 Å². The van der Waals surface area contributed by atoms with Crippen molar-refractivity contribution in [3.63, 3.8) is 0 Å². The molecule has 0 fully saturated rings. The fourth-order valence-corrected chi connectivity index (χ4v) is 12.6. The van der Waals surface area contributed by atoms with Crippen LogP contribution in [0.15, 0.2) is 273 Å². The van der Waals surface area contributed by atoms with Gasteiger partial charge in [-0.2, -0.15) is 0 Å². The quantitative estimate of drug-likeness (QED) is 0.161. The number of hydrogen-bond acceptors (Lipinski definition) is 1. The van der Waals surface area contributed by atoms with Gasteiger partial charge in [0.1, 0.15) is 0 Å². The van der Waals surface area contributed by atoms with Crippen LogP contribution >= 0.6 is 0 Å². The molecule has 0 bridgehead atoms. The van der Waals surface area contributed by atoms with Crippen molar-refractivity contribution in [3.8, 4) is 55.6 Å². The van der Waals surface area contributed by atoms with Crippen LogP contribution in [0.3, 0.4) is 0 Å². The SMILES string of the molecule is c1ccc(-c2ccc(N(c3ccc(-c4ccccc4)cc3)c3ccc(-c4cccc5c4C4(c6ccccc6-5)c5ccccc5C5(c6ccccc6-c6ccccc65)c5ccccc54)cc3)cc2)cc1. The average molecular weight is 876 g/mol. The molecule has 0 atom stereocenters. The van der Waals surface area contributed by atoms with Crippen LogP contribution in [-0.2, 0) is 10.8 Å². The number of fused-ring (bicyclic) bond motifs is 16. The molecule has 322 valence electrons. The van der Waals surface area contributed by atoms with E-state index in [2.05, 4.69) is 278 Å². The molecule has 0 N–H and O–H groups in total. The van der Waals surface area contributed by atoms with Gasteiger partial charge in [-0.3, -0.25) is 0 Å². The lowest BCUT2D eigenvalue weighted by Crippen LogP contribution is -2.44. The first-order valence-electron chi connectivity index (χ1n) is 24.1. The fourth-order valence-electron chi connectivity index (χ4n) is 12.6. The zero-order valence-electron chi connectivity index (χ0n) is 37.9. The van der Waals surface area contributed by atoms with Gasteiger partial charge in [0, 0.05) is 17.1 Å². The summed E-state index contributed by atoms with van der Waals surface area (Å²) < 4.78 is 0. The average Bonchev–Trinajstić information content (AvgIpc) is 3.90. The van der Waals surface area contributed by atoms with E-state index < -0.39 is 10.8 Å². The van der Waals surface area contributed by atoms with Crippen molar-refractivity contribution < 1.29 is 0 Å². The van der Waals surface area contributed by atoms with E-state index in [0.29, 0.717) is 0 Å². The van der Waals surface area contributed by atoms with Crippen molar-refractivity contribution in [3.05, 3.63) is 317 Å². The van der Waals surface area contributed by atoms with E-state index in [-0.39, 0.29) is 0 Å². The summed E-state index contributed by atoms with van der Waals surface area (Å²) in [7, 11) is 0. The maximum absolute atomic E-state index is 2.44. The van der Waals surface area contributed by atoms with Crippen molar-refractivity contribution in [2.24, 2.45) is 0 Å². The van der Waals surface area contributed by atoms with Crippen LogP contribution in [0.4, 0.5) is 17.1 Å². The van der Waals surface area contributed by atoms with Gasteiger partial charge in [-0.25, -0.2) is 0 Å². The highest BCUT2D eigenvalue weighted by atomic mass is 15.1. The van der Waals surface area contributed by atoms with E-state index in [1.807, 2.05) is 0 Å². The Balaban J connectivity index is 0.958. The molecule has 69 heavy (non-hydrogen) atoms. The van der Waals surface area contributed by atoms with Crippen molar-refractivity contribution >= 4 is 17.1 Å². The van der Waals surface area contributed by atoms with Gasteiger partial charge in [0.05, 0.1) is 10.8 Å². The van der Waals surface area contributed by atoms with Gasteiger partial charge in [0.25, 0.3) is 0 Å². The summed E-state index contributed by atoms with van der Waals surface area (Å²) in [6, 6.07) is 102. The predicted molar refractivity (Wildman–Crippen MR) is 286 cm³/mol. The smallest absolute Gasteiger partial charge is 0.0726 e. The summed E-state index contributed by atoms with van der Waals surface area (Å²) in [6.45, 7) is 0. The number of rotatable bonds is 6. The molecule has 0 unspecified atom stereocenters. The van der Waals surface area contributed by atoms with Gasteiger partial charge >= 0.3 is 0 Å². The number of benzene rings is 11. The lowest BCUT2D eigenvalue weighted by molar-refractivity contribution is 0.633. The Bertz CT molecular complexity index is 3580. The summed E-state index contributed by atoms with van der Waals surface area (Å²) >= 11 is 0. The predicted octanol–water partition coefficient (Wildman–Crippen LogP) is 17.2. The Hall–Kier alpha value is -8.78. The molecule has 1 heteroatoms. The molecule has 0 heterocycles. The summed E-state index contributed by atoms with van der Waals surface area (Å²) in [4.78, 5) is 2.38. The number of anilines is 3. The van der Waals surface area contributed by atoms with Gasteiger partial charge < -0.3 is 4.90 Å². The molecular weight excluding hydrogens is 831 g/mol. The van der Waals surface area contributed by atoms with Gasteiger partial charge in [-0.05, 0) is 137 Å². The van der Waals surface area contributed by atoms with E-state index in [1.165, 1.54) is 100 Å². The van der Waals surface area contributed by atoms with Gasteiger partial charge in [0.2, 0.25) is 0 Å². The Kier molecular flexibility index (Phi) is 8.78. The third-order valence-electron chi connectivity index (χ3n) is 15.4. The highest BCUT2D eigenvalue weighted by Crippen LogP contribution is 2.68. The highest BCUT2D eigenvalue weighted by Gasteiger charge is 2.59. The third-order valence-corrected chi connectivity index (χ3v) is 15.4. The molecule has 3 aliphatic carbocycles. The Morgan fingerprint density at radius 3 is 0.913 bits per heavy atom. The highest BCUT2D eigenvalue weighted by molar-refractivity contribution is 5.97. The zero-order valence-corrected chi connectivity index (χ0v) is 37.9. The van der Waals surface area contributed by atoms with Crippen molar-refractivity contribution in [2.45, 2.75) is 10.8 Å². The van der Waals surface area contributed by atoms with Crippen LogP contribution < -0.4 is 4.90 Å². The normalized spacial score (nSPS) is 13.7. The first kappa shape index (κ1) is 39.4. The molecule has 3 aliphatic rings. The van der Waals surface area contributed by atoms with Crippen LogP contribution in [0.5, 0.6) is 0 Å². The lowest BCUT2D eigenvalue weighted by Gasteiger charge is -2.49. The number of nitrogens with zero attached hydrogens (tertiary/aromatic N) is 1. The van der Waals surface area contributed by atoms with Crippen molar-refractivity contribution in [1.82, 2.24) is 0 Å². The zero-order chi connectivity index (χ0) is 45.5. The minimum absolute atomic E-state index is 0.484. The monoisotopic (exact) mass is 875 g/mol. The van der Waals surface area contributed by atoms with Gasteiger partial charge in [0.15, 0.2) is 0 Å². The summed E-state index contributed by atoms with van der Waals surface area (Å²) in [6.07, 6.45) is 0. The van der Waals surface area contributed by atoms with E-state index >= 15 is 0 Å². The Morgan fingerprint density at radius 1 is 0.188 bits per heavy atom. The molecule has 2 spiro atoms. The van der Waals surface area contributed by atoms with Crippen molar-refractivity contribution in [2.75, 3.05) is 4.90 Å². The Morgan fingerprint density at radius 2 is 0.478 bits per heavy atom. The van der Waals surface area contributed by atoms with Crippen molar-refractivity contribution in [1.29, 1.82) is 0 Å². The molecule has 0 saturated carbocycles. The first-order valence-corrected chi connectivity index (χ1v) is 24.1. The Labute approximate surface area is 403 Å². The molecule has 0 aliphatic heterocycles. The molecule has 0 saturated heterocycles. The van der Waals surface area contributed by atoms with E-state index in [4.69, 9.17) is 0 Å². The summed E-state index contributed by atoms with van der Waals surface area (Å²) in [5, 5.41) is 0. The minimum atomic E-state index is -0.584. The number of hydrogen-bond donors (Lipinski definition) is 0. The van der Waals surface area contributed by atoms with Crippen LogP contribution in [0.1, 0.15) is 44.5 Å². The second-order valence-corrected chi connectivity index (χ2v) is 18.7. The molecule has 11 aromatic rings. The minimum Gasteiger partial charge on any atom is -0.311 e. The van der Waals surface area contributed by atoms with Gasteiger partial charge in [-0.15, -0.1) is 0 Å². The van der Waals surface area contributed by atoms with E-state index in [9.17, 15) is 0 Å². The maximum atomic E-state index is 2.44. The second kappa shape index (κ2) is 15.4. The van der Waals surface area contributed by atoms with Crippen LogP contribution in [0.25, 0.3) is 55.6 Å². The topological polar surface area (TPSA) is 3.24 Å². The van der Waals surface area contributed by atoms with Gasteiger partial charge in [-0.1, -0.05) is 237 Å². The van der Waals surface area contributed by atoms with Crippen LogP contribution in [0, 0.1) is 0 Å². The fraction of sp³-hybridized carbons (Fsp3) is 0.0294. The molecule has 14 rings (SSSR count). The largest absolute Gasteiger partial charge is 0.311 e. The van der Waals surface area contributed by atoms with Crippen LogP contribution in [-0.4, -0.2) is 0 Å². The lowest BCUT2D eigenvalue weighted by atomic mass is 9.52. The van der Waals surface area contributed by atoms with E-state index in [1.54, 1.807) is 0 Å². The summed E-state index contributed by atoms with van der Waals surface area (Å²) in [5.41, 5.74) is 25.4. The molecule has 0 radical (unpaired) electrons. The first-order chi connectivity index (χ1) is 34.2.